The third-order valence-electron chi connectivity index (χ3n) is 1.29. The number of amides is 1. The van der Waals surface area contributed by atoms with E-state index in [0.717, 1.165) is 12.8 Å². The predicted octanol–water partition coefficient (Wildman–Crippen LogP) is 1.37. The van der Waals surface area contributed by atoms with Gasteiger partial charge in [-0.1, -0.05) is 19.9 Å². The Balaban J connectivity index is 3.87. The topological polar surface area (TPSA) is 43.1 Å². The summed E-state index contributed by atoms with van der Waals surface area (Å²) in [6, 6.07) is 0. The molecule has 0 saturated heterocycles. The minimum Gasteiger partial charge on any atom is -0.365 e. The van der Waals surface area contributed by atoms with Gasteiger partial charge in [0.1, 0.15) is 0 Å². The number of carbonyl (C=O) groups is 1. The molecule has 0 atom stereocenters. The Labute approximate surface area is 61.4 Å². The monoisotopic (exact) mass is 139 g/mol. The summed E-state index contributed by atoms with van der Waals surface area (Å²) < 4.78 is 0. The molecule has 0 aliphatic carbocycles. The van der Waals surface area contributed by atoms with Crippen LogP contribution in [-0.2, 0) is 4.79 Å². The van der Waals surface area contributed by atoms with E-state index in [-0.39, 0.29) is 0 Å². The molecule has 0 aromatic rings. The normalized spacial score (nSPS) is 8.50. The number of primary amides is 1. The van der Waals surface area contributed by atoms with Crippen molar-refractivity contribution >= 4 is 5.91 Å². The molecule has 0 unspecified atom stereocenters. The van der Waals surface area contributed by atoms with E-state index in [1.807, 2.05) is 0 Å². The molecule has 0 saturated carbocycles. The molecule has 2 heteroatoms. The van der Waals surface area contributed by atoms with Crippen molar-refractivity contribution in [2.75, 3.05) is 0 Å². The molecule has 0 rings (SSSR count). The van der Waals surface area contributed by atoms with Crippen molar-refractivity contribution in [3.8, 4) is 0 Å². The Morgan fingerprint density at radius 2 is 2.30 bits per heavy atom. The standard InChI is InChI=1S/C8H13NO/c1-3-5-6-7(4-2)8(9)10/h2-3,5-6H2,1H3,(H2,9,10). The Kier molecular flexibility index (Phi) is 4.34. The van der Waals surface area contributed by atoms with Crippen LogP contribution in [0.15, 0.2) is 17.9 Å². The Morgan fingerprint density at radius 3 is 2.60 bits per heavy atom. The summed E-state index contributed by atoms with van der Waals surface area (Å²) in [7, 11) is 0. The van der Waals surface area contributed by atoms with Crippen LogP contribution in [0.3, 0.4) is 0 Å². The molecule has 0 aliphatic heterocycles. The smallest absolute Gasteiger partial charge is 0.252 e. The second-order valence-corrected chi connectivity index (χ2v) is 2.12. The van der Waals surface area contributed by atoms with Crippen molar-refractivity contribution in [3.63, 3.8) is 0 Å². The van der Waals surface area contributed by atoms with Gasteiger partial charge in [0.15, 0.2) is 0 Å². The molecule has 1 amide bonds. The van der Waals surface area contributed by atoms with Crippen LogP contribution < -0.4 is 5.73 Å². The lowest BCUT2D eigenvalue weighted by molar-refractivity contribution is -0.114. The van der Waals surface area contributed by atoms with Gasteiger partial charge in [0, 0.05) is 0 Å². The minimum atomic E-state index is -0.400. The molecule has 0 bridgehead atoms. The maximum absolute atomic E-state index is 10.5. The summed E-state index contributed by atoms with van der Waals surface area (Å²) in [5, 5.41) is 0. The highest BCUT2D eigenvalue weighted by Gasteiger charge is 2.00. The van der Waals surface area contributed by atoms with Gasteiger partial charge in [-0.25, -0.2) is 0 Å². The van der Waals surface area contributed by atoms with Crippen LogP contribution in [0.1, 0.15) is 26.2 Å². The minimum absolute atomic E-state index is 0.400. The fraction of sp³-hybridized carbons (Fsp3) is 0.500. The maximum atomic E-state index is 10.5. The summed E-state index contributed by atoms with van der Waals surface area (Å²) in [5.74, 6) is -0.400. The lowest BCUT2D eigenvalue weighted by Gasteiger charge is -1.95. The second-order valence-electron chi connectivity index (χ2n) is 2.12. The maximum Gasteiger partial charge on any atom is 0.252 e. The first kappa shape index (κ1) is 8.99. The lowest BCUT2D eigenvalue weighted by Crippen LogP contribution is -2.13. The summed E-state index contributed by atoms with van der Waals surface area (Å²) in [5.41, 5.74) is 8.05. The largest absolute Gasteiger partial charge is 0.365 e. The van der Waals surface area contributed by atoms with Crippen LogP contribution in [0.2, 0.25) is 0 Å². The number of hydrogen-bond acceptors (Lipinski definition) is 1. The van der Waals surface area contributed by atoms with Crippen molar-refractivity contribution in [2.45, 2.75) is 26.2 Å². The van der Waals surface area contributed by atoms with Crippen molar-refractivity contribution in [3.05, 3.63) is 17.9 Å². The van der Waals surface area contributed by atoms with Gasteiger partial charge >= 0.3 is 0 Å². The van der Waals surface area contributed by atoms with Crippen LogP contribution >= 0.6 is 0 Å². The molecule has 0 aliphatic rings. The summed E-state index contributed by atoms with van der Waals surface area (Å²) >= 11 is 0. The number of rotatable bonds is 4. The average Bonchev–Trinajstić information content (AvgIpc) is 1.89. The fourth-order valence-electron chi connectivity index (χ4n) is 0.652. The van der Waals surface area contributed by atoms with Gasteiger partial charge in [-0.15, -0.1) is 5.73 Å². The highest BCUT2D eigenvalue weighted by atomic mass is 16.1. The zero-order valence-electron chi connectivity index (χ0n) is 6.31. The van der Waals surface area contributed by atoms with E-state index in [4.69, 9.17) is 5.73 Å². The van der Waals surface area contributed by atoms with Gasteiger partial charge in [0.25, 0.3) is 5.91 Å². The van der Waals surface area contributed by atoms with Gasteiger partial charge in [0.05, 0.1) is 5.57 Å². The van der Waals surface area contributed by atoms with Gasteiger partial charge in [-0.05, 0) is 12.8 Å². The van der Waals surface area contributed by atoms with Crippen LogP contribution in [0.4, 0.5) is 0 Å². The second kappa shape index (κ2) is 4.83. The highest BCUT2D eigenvalue weighted by Crippen LogP contribution is 2.03. The molecule has 0 heterocycles. The van der Waals surface area contributed by atoms with E-state index in [9.17, 15) is 4.79 Å². The van der Waals surface area contributed by atoms with Crippen molar-refractivity contribution in [1.29, 1.82) is 0 Å². The average molecular weight is 139 g/mol. The first-order chi connectivity index (χ1) is 4.72. The molecule has 2 nitrogen and oxygen atoms in total. The molecule has 0 aromatic heterocycles. The predicted molar refractivity (Wildman–Crippen MR) is 41.4 cm³/mol. The zero-order valence-corrected chi connectivity index (χ0v) is 6.31. The number of carbonyl (C=O) groups excluding carboxylic acids is 1. The van der Waals surface area contributed by atoms with E-state index >= 15 is 0 Å². The summed E-state index contributed by atoms with van der Waals surface area (Å²) in [6.07, 6.45) is 2.73. The van der Waals surface area contributed by atoms with Gasteiger partial charge < -0.3 is 5.73 Å². The lowest BCUT2D eigenvalue weighted by atomic mass is 10.1. The molecule has 0 radical (unpaired) electrons. The SMILES string of the molecule is C=C=C(CCCC)C(N)=O. The van der Waals surface area contributed by atoms with Crippen LogP contribution in [-0.4, -0.2) is 5.91 Å². The van der Waals surface area contributed by atoms with Crippen LogP contribution in [0, 0.1) is 0 Å². The van der Waals surface area contributed by atoms with E-state index < -0.39 is 5.91 Å². The number of hydrogen-bond donors (Lipinski definition) is 1. The zero-order chi connectivity index (χ0) is 7.98. The van der Waals surface area contributed by atoms with Gasteiger partial charge in [-0.2, -0.15) is 0 Å². The highest BCUT2D eigenvalue weighted by molar-refractivity contribution is 5.91. The third kappa shape index (κ3) is 3.10. The molecule has 0 aromatic carbocycles. The van der Waals surface area contributed by atoms with Gasteiger partial charge in [0.2, 0.25) is 0 Å². The Morgan fingerprint density at radius 1 is 1.70 bits per heavy atom. The van der Waals surface area contributed by atoms with Crippen LogP contribution in [0.25, 0.3) is 0 Å². The molecule has 10 heavy (non-hydrogen) atoms. The van der Waals surface area contributed by atoms with E-state index in [0.29, 0.717) is 12.0 Å². The Hall–Kier alpha value is -1.01. The van der Waals surface area contributed by atoms with E-state index in [1.165, 1.54) is 0 Å². The van der Waals surface area contributed by atoms with E-state index in [1.54, 1.807) is 0 Å². The van der Waals surface area contributed by atoms with Crippen molar-refractivity contribution in [2.24, 2.45) is 5.73 Å². The summed E-state index contributed by atoms with van der Waals surface area (Å²) in [6.45, 7) is 5.43. The molecular formula is C8H13NO. The third-order valence-corrected chi connectivity index (χ3v) is 1.29. The first-order valence-corrected chi connectivity index (χ1v) is 3.41. The molecular weight excluding hydrogens is 126 g/mol. The number of nitrogens with two attached hydrogens (primary N) is 1. The molecule has 2 N–H and O–H groups in total. The fourth-order valence-corrected chi connectivity index (χ4v) is 0.652. The number of unbranched alkanes of at least 4 members (excludes halogenated alkanes) is 1. The Bertz CT molecular complexity index is 166. The first-order valence-electron chi connectivity index (χ1n) is 3.41. The van der Waals surface area contributed by atoms with E-state index in [2.05, 4.69) is 19.2 Å². The molecule has 56 valence electrons. The molecule has 0 fully saturated rings. The van der Waals surface area contributed by atoms with Crippen molar-refractivity contribution < 1.29 is 4.79 Å². The molecule has 0 spiro atoms. The van der Waals surface area contributed by atoms with Crippen LogP contribution in [0.5, 0.6) is 0 Å². The van der Waals surface area contributed by atoms with Gasteiger partial charge in [-0.3, -0.25) is 4.79 Å². The van der Waals surface area contributed by atoms with Crippen molar-refractivity contribution in [1.82, 2.24) is 0 Å². The quantitative estimate of drug-likeness (QED) is 0.464. The summed E-state index contributed by atoms with van der Waals surface area (Å²) in [4.78, 5) is 10.5.